The lowest BCUT2D eigenvalue weighted by molar-refractivity contribution is -0.169. The van der Waals surface area contributed by atoms with Gasteiger partial charge in [0.15, 0.2) is 29.4 Å². The lowest BCUT2D eigenvalue weighted by atomic mass is 9.77. The lowest BCUT2D eigenvalue weighted by Crippen LogP contribution is -2.75. The number of Topliss-reactive ketones (excluding diaryl/α,β-unsaturated/α-hetero) is 1. The average molecular weight is 1340 g/mol. The molecule has 10 amide bonds. The van der Waals surface area contributed by atoms with Gasteiger partial charge in [-0.05, 0) is 92.7 Å². The summed E-state index contributed by atoms with van der Waals surface area (Å²) in [6.45, 7) is 14.6. The molecule has 34 heteroatoms. The van der Waals surface area contributed by atoms with E-state index in [2.05, 4.69) is 31.6 Å². The Bertz CT molecular complexity index is 2780. The molecule has 1 rings (SSSR count). The van der Waals surface area contributed by atoms with E-state index in [9.17, 15) is 64.2 Å². The number of benzene rings is 1. The van der Waals surface area contributed by atoms with E-state index in [1.54, 1.807) is 20.8 Å². The zero-order chi connectivity index (χ0) is 72.4. The Labute approximate surface area is 547 Å². The van der Waals surface area contributed by atoms with E-state index in [1.807, 2.05) is 19.2 Å². The molecular formula is C60H104N16O18. The van der Waals surface area contributed by atoms with Crippen LogP contribution in [0.3, 0.4) is 0 Å². The Morgan fingerprint density at radius 1 is 0.691 bits per heavy atom. The van der Waals surface area contributed by atoms with Gasteiger partial charge in [0.25, 0.3) is 11.8 Å². The Morgan fingerprint density at radius 2 is 1.27 bits per heavy atom. The van der Waals surface area contributed by atoms with Crippen molar-refractivity contribution in [2.45, 2.75) is 199 Å². The number of nitrogens with one attached hydrogen (secondary N) is 6. The number of amides is 10. The number of carboxylic acid groups (broad SMARTS) is 1. The lowest BCUT2D eigenvalue weighted by Gasteiger charge is -2.45. The number of hydrogen-bond acceptors (Lipinski definition) is 23. The molecular weight excluding hydrogens is 1230 g/mol. The first-order valence-corrected chi connectivity index (χ1v) is 31.2. The van der Waals surface area contributed by atoms with Gasteiger partial charge in [-0.3, -0.25) is 67.5 Å². The number of aliphatic hydroxyl groups excluding tert-OH is 4. The van der Waals surface area contributed by atoms with Crippen molar-refractivity contribution in [3.63, 3.8) is 0 Å². The second kappa shape index (κ2) is 39.8. The minimum atomic E-state index is -3.17. The Kier molecular flexibility index (Phi) is 35.6. The summed E-state index contributed by atoms with van der Waals surface area (Å²) in [4.78, 5) is 176. The van der Waals surface area contributed by atoms with Crippen molar-refractivity contribution in [1.82, 2.24) is 41.7 Å². The van der Waals surface area contributed by atoms with Crippen LogP contribution in [0.5, 0.6) is 5.75 Å². The number of imide groups is 2. The molecule has 0 fully saturated rings. The number of primary amides is 1. The van der Waals surface area contributed by atoms with E-state index in [-0.39, 0.29) is 73.4 Å². The number of carbonyl (C=O) groups is 12. The molecule has 34 nitrogen and oxygen atoms in total. The highest BCUT2D eigenvalue weighted by atomic mass is 16.4. The minimum absolute atomic E-state index is 0.0887. The molecule has 0 saturated heterocycles. The fourth-order valence-electron chi connectivity index (χ4n) is 10.1. The maximum Gasteiger partial charge on any atom is 0.329 e. The van der Waals surface area contributed by atoms with Gasteiger partial charge in [-0.15, -0.1) is 0 Å². The summed E-state index contributed by atoms with van der Waals surface area (Å²) < 4.78 is 0. The molecule has 0 aliphatic carbocycles. The maximum absolute atomic E-state index is 16.3. The summed E-state index contributed by atoms with van der Waals surface area (Å²) in [7, 11) is 0. The molecule has 0 spiro atoms. The summed E-state index contributed by atoms with van der Waals surface area (Å²) in [6.07, 6.45) is -7.78. The fourth-order valence-corrected chi connectivity index (χ4v) is 10.1. The van der Waals surface area contributed by atoms with Crippen LogP contribution >= 0.6 is 0 Å². The van der Waals surface area contributed by atoms with Crippen LogP contribution < -0.4 is 72.0 Å². The van der Waals surface area contributed by atoms with Gasteiger partial charge in [0.1, 0.15) is 42.0 Å². The van der Waals surface area contributed by atoms with Crippen molar-refractivity contribution in [1.29, 1.82) is 0 Å². The van der Waals surface area contributed by atoms with Gasteiger partial charge in [-0.2, -0.15) is 0 Å². The fraction of sp³-hybridized carbons (Fsp3) is 0.683. The van der Waals surface area contributed by atoms with Crippen molar-refractivity contribution in [2.75, 3.05) is 32.8 Å². The third-order valence-corrected chi connectivity index (χ3v) is 15.3. The molecule has 94 heavy (non-hydrogen) atoms. The number of carbonyl (C=O) groups excluding carboxylic acids is 11. The molecule has 0 aliphatic rings. The Morgan fingerprint density at radius 3 is 1.76 bits per heavy atom. The third-order valence-electron chi connectivity index (χ3n) is 15.3. The van der Waals surface area contributed by atoms with Crippen LogP contribution in [0, 0.1) is 29.6 Å². The molecule has 0 radical (unpaired) electrons. The molecule has 26 N–H and O–H groups in total. The largest absolute Gasteiger partial charge is 0.508 e. The van der Waals surface area contributed by atoms with Crippen molar-refractivity contribution < 1.29 is 88.2 Å². The normalized spacial score (nSPS) is 16.4. The van der Waals surface area contributed by atoms with Gasteiger partial charge < -0.3 is 103 Å². The van der Waals surface area contributed by atoms with Gasteiger partial charge in [0, 0.05) is 19.6 Å². The molecule has 0 heterocycles. The van der Waals surface area contributed by atoms with Crippen molar-refractivity contribution >= 4 is 76.8 Å². The Hall–Kier alpha value is -7.83. The molecule has 1 unspecified atom stereocenters. The van der Waals surface area contributed by atoms with Crippen molar-refractivity contribution in [2.24, 2.45) is 74.7 Å². The van der Waals surface area contributed by atoms with E-state index in [0.717, 1.165) is 6.92 Å². The van der Waals surface area contributed by atoms with Crippen LogP contribution in [-0.4, -0.2) is 228 Å². The van der Waals surface area contributed by atoms with E-state index in [4.69, 9.17) is 40.1 Å². The monoisotopic (exact) mass is 1340 g/mol. The zero-order valence-electron chi connectivity index (χ0n) is 55.6. The van der Waals surface area contributed by atoms with E-state index < -0.39 is 205 Å². The van der Waals surface area contributed by atoms with Gasteiger partial charge in [0.2, 0.25) is 47.3 Å². The smallest absolute Gasteiger partial charge is 0.329 e. The summed E-state index contributed by atoms with van der Waals surface area (Å²) in [5.74, 6) is -20.7. The number of guanidine groups is 1. The number of aromatic hydroxyl groups is 1. The highest BCUT2D eigenvalue weighted by Crippen LogP contribution is 2.33. The van der Waals surface area contributed by atoms with Crippen molar-refractivity contribution in [3.05, 3.63) is 29.8 Å². The van der Waals surface area contributed by atoms with Crippen LogP contribution in [0.2, 0.25) is 0 Å². The predicted octanol–water partition coefficient (Wildman–Crippen LogP) is -6.17. The molecule has 0 saturated carbocycles. The summed E-state index contributed by atoms with van der Waals surface area (Å²) in [5, 5.41) is 77.7. The Balaban J connectivity index is 4.46. The van der Waals surface area contributed by atoms with Crippen LogP contribution in [-0.2, 0) is 64.0 Å². The minimum Gasteiger partial charge on any atom is -0.508 e. The van der Waals surface area contributed by atoms with Gasteiger partial charge in [-0.25, -0.2) is 4.79 Å². The number of phenols is 1. The maximum atomic E-state index is 16.3. The second-order valence-corrected chi connectivity index (χ2v) is 25.0. The molecule has 1 aromatic carbocycles. The highest BCUT2D eigenvalue weighted by molar-refractivity contribution is 6.20. The third kappa shape index (κ3) is 24.8. The van der Waals surface area contributed by atoms with Crippen molar-refractivity contribution in [3.8, 4) is 5.75 Å². The van der Waals surface area contributed by atoms with Crippen LogP contribution in [0.25, 0.3) is 0 Å². The van der Waals surface area contributed by atoms with Crippen LogP contribution in [0.4, 0.5) is 0 Å². The number of phenolic OH excluding ortho intramolecular Hbond substituents is 1. The first kappa shape index (κ1) is 84.2. The molecule has 0 aliphatic heterocycles. The van der Waals surface area contributed by atoms with Gasteiger partial charge in [-0.1, -0.05) is 87.8 Å². The van der Waals surface area contributed by atoms with E-state index in [0.29, 0.717) is 4.90 Å². The SMILES string of the molecule is CCC(C)[C@H](NC(=O)[C@@H](CCCN=C(N)N)NC(=O)[C@@](CC(C)C)(C(=O)[C@@H](N)Cc1cccc(O)c1)N(C(=O)[C@H](CC(C)C)NC(=O)[C@@H](CC(C)C)NCCN)C(=O)[C@@H](N)[C@H](O)C(C)C)C(=O)N[C@H](C(=O)NCC(=O)N(C(=O)[C@@H](N)[C@H](O)C(N)=O)[C@@H](CO)C(=O)O)[C@H](C)O. The van der Waals surface area contributed by atoms with Crippen LogP contribution in [0.1, 0.15) is 120 Å². The van der Waals surface area contributed by atoms with Gasteiger partial charge >= 0.3 is 5.97 Å². The number of aliphatic imine (C=N–C) groups is 1. The number of nitrogens with two attached hydrogens (primary N) is 7. The number of aliphatic hydroxyl groups is 4. The number of hydrogen-bond donors (Lipinski definition) is 19. The van der Waals surface area contributed by atoms with E-state index >= 15 is 24.0 Å². The second-order valence-electron chi connectivity index (χ2n) is 25.0. The molecule has 532 valence electrons. The number of ketones is 1. The predicted molar refractivity (Wildman–Crippen MR) is 343 cm³/mol. The van der Waals surface area contributed by atoms with Gasteiger partial charge in [0.05, 0.1) is 37.4 Å². The summed E-state index contributed by atoms with van der Waals surface area (Å²) >= 11 is 0. The zero-order valence-corrected chi connectivity index (χ0v) is 55.6. The topological polar surface area (TPSA) is 599 Å². The first-order chi connectivity index (χ1) is 43.7. The molecule has 14 atom stereocenters. The molecule has 0 aromatic heterocycles. The molecule has 1 aromatic rings. The summed E-state index contributed by atoms with van der Waals surface area (Å²) in [6, 6.07) is -11.4. The number of aliphatic carboxylic acids is 1. The number of rotatable bonds is 42. The quantitative estimate of drug-likeness (QED) is 0.0125. The number of carboxylic acids is 1. The van der Waals surface area contributed by atoms with Crippen LogP contribution in [0.15, 0.2) is 29.3 Å². The highest BCUT2D eigenvalue weighted by Gasteiger charge is 2.59. The standard InChI is InChI=1S/C60H104N16O18/c1-12-32(10)44(53(88)74-45(33(11)78)52(87)70-26-41(80)75(40(27-77)57(92)93)55(90)43(64)47(82)49(65)84)73-50(85)37(17-14-19-69-59(66)67)72-58(94)60(25-30(6)7,48(83)36(62)24-34-15-13-16-35(79)23-34)76(56(91)42(63)46(81)31(8)9)54(89)39(22-29(4)5)71-51(86)38(21-28(2)3)68-20-18-61/h13,15-16,23,28-33,36-40,42-47,68,77-79,81-82H,12,14,17-22,24-27,61-64H2,1-11H3,(H2,65,84)(H,70,87)(H,71,86)(H,72,94)(H,73,85)(H,74,88)(H,92,93)(H4,66,67,69)/t32?,33-,36-,37+,38+,39-,40-,42-,43-,44-,45-,46+,47-,60+/m0/s1. The number of nitrogens with zero attached hydrogens (tertiary/aromatic N) is 3. The molecule has 0 bridgehead atoms. The van der Waals surface area contributed by atoms with E-state index in [1.165, 1.54) is 58.9 Å². The summed E-state index contributed by atoms with van der Waals surface area (Å²) in [5.41, 5.74) is 38.2. The first-order valence-electron chi connectivity index (χ1n) is 31.2. The average Bonchev–Trinajstić information content (AvgIpc) is 0.742.